The van der Waals surface area contributed by atoms with E-state index in [1.807, 2.05) is 0 Å². The van der Waals surface area contributed by atoms with Gasteiger partial charge in [0.2, 0.25) is 0 Å². The molecular weight excluding hydrogens is 260 g/mol. The van der Waals surface area contributed by atoms with E-state index in [4.69, 9.17) is 15.7 Å². The van der Waals surface area contributed by atoms with Gasteiger partial charge in [0.1, 0.15) is 5.82 Å². The Bertz CT molecular complexity index is 463. The molecule has 1 aromatic heterocycles. The van der Waals surface area contributed by atoms with Crippen LogP contribution < -0.4 is 10.6 Å². The second kappa shape index (κ2) is 6.30. The Morgan fingerprint density at radius 1 is 0.905 bits per heavy atom. The smallest absolute Gasteiger partial charge is 0.132 e. The van der Waals surface area contributed by atoms with Crippen molar-refractivity contribution in [2.45, 2.75) is 70.8 Å². The molecule has 1 saturated heterocycles. The van der Waals surface area contributed by atoms with E-state index in [0.717, 1.165) is 43.1 Å². The van der Waals surface area contributed by atoms with Gasteiger partial charge >= 0.3 is 0 Å². The highest BCUT2D eigenvalue weighted by Gasteiger charge is 2.23. The Labute approximate surface area is 128 Å². The first-order chi connectivity index (χ1) is 10.1. The van der Waals surface area contributed by atoms with Gasteiger partial charge in [0, 0.05) is 25.0 Å². The molecule has 2 heterocycles. The normalized spacial score (nSPS) is 21.8. The van der Waals surface area contributed by atoms with Gasteiger partial charge in [-0.25, -0.2) is 9.97 Å². The summed E-state index contributed by atoms with van der Waals surface area (Å²) in [5.74, 6) is 1.67. The summed E-state index contributed by atoms with van der Waals surface area (Å²) in [6.45, 7) is 6.36. The Hall–Kier alpha value is -1.16. The SMILES string of the molecule is Cc1nc(C2CCCCC2)nc(C)c1N1CCC(N)CC1. The van der Waals surface area contributed by atoms with Crippen molar-refractivity contribution in [1.82, 2.24) is 9.97 Å². The van der Waals surface area contributed by atoms with Crippen LogP contribution in [0.15, 0.2) is 0 Å². The first kappa shape index (κ1) is 14.8. The lowest BCUT2D eigenvalue weighted by Crippen LogP contribution is -2.40. The van der Waals surface area contributed by atoms with Crippen LogP contribution in [0.5, 0.6) is 0 Å². The molecule has 4 nitrogen and oxygen atoms in total. The lowest BCUT2D eigenvalue weighted by atomic mass is 9.88. The summed E-state index contributed by atoms with van der Waals surface area (Å²) in [6, 6.07) is 0.365. The van der Waals surface area contributed by atoms with Gasteiger partial charge in [-0.3, -0.25) is 0 Å². The van der Waals surface area contributed by atoms with Crippen molar-refractivity contribution in [3.05, 3.63) is 17.2 Å². The van der Waals surface area contributed by atoms with Gasteiger partial charge < -0.3 is 10.6 Å². The van der Waals surface area contributed by atoms with E-state index in [-0.39, 0.29) is 0 Å². The average Bonchev–Trinajstić information content (AvgIpc) is 2.49. The third kappa shape index (κ3) is 3.20. The van der Waals surface area contributed by atoms with Crippen LogP contribution in [0, 0.1) is 13.8 Å². The third-order valence-corrected chi connectivity index (χ3v) is 5.08. The molecule has 2 fully saturated rings. The van der Waals surface area contributed by atoms with Crippen LogP contribution in [0.3, 0.4) is 0 Å². The summed E-state index contributed by atoms with van der Waals surface area (Å²) in [4.78, 5) is 12.2. The molecule has 3 rings (SSSR count). The van der Waals surface area contributed by atoms with Crippen molar-refractivity contribution < 1.29 is 0 Å². The zero-order valence-corrected chi connectivity index (χ0v) is 13.4. The molecule has 0 atom stereocenters. The number of rotatable bonds is 2. The highest BCUT2D eigenvalue weighted by Crippen LogP contribution is 2.33. The fourth-order valence-corrected chi connectivity index (χ4v) is 3.86. The monoisotopic (exact) mass is 288 g/mol. The van der Waals surface area contributed by atoms with Crippen LogP contribution in [0.4, 0.5) is 5.69 Å². The van der Waals surface area contributed by atoms with Gasteiger partial charge in [0.05, 0.1) is 17.1 Å². The van der Waals surface area contributed by atoms with E-state index >= 15 is 0 Å². The van der Waals surface area contributed by atoms with Crippen LogP contribution in [0.25, 0.3) is 0 Å². The van der Waals surface area contributed by atoms with Crippen LogP contribution in [0.2, 0.25) is 0 Å². The predicted molar refractivity (Wildman–Crippen MR) is 86.8 cm³/mol. The zero-order chi connectivity index (χ0) is 14.8. The van der Waals surface area contributed by atoms with Gasteiger partial charge in [-0.05, 0) is 39.5 Å². The van der Waals surface area contributed by atoms with Crippen LogP contribution >= 0.6 is 0 Å². The Morgan fingerprint density at radius 2 is 1.48 bits per heavy atom. The molecule has 0 unspecified atom stereocenters. The maximum Gasteiger partial charge on any atom is 0.132 e. The molecule has 2 N–H and O–H groups in total. The van der Waals surface area contributed by atoms with Gasteiger partial charge in [-0.2, -0.15) is 0 Å². The molecule has 2 aliphatic rings. The van der Waals surface area contributed by atoms with Crippen molar-refractivity contribution >= 4 is 5.69 Å². The number of aryl methyl sites for hydroxylation is 2. The number of piperidine rings is 1. The lowest BCUT2D eigenvalue weighted by molar-refractivity contribution is 0.427. The summed E-state index contributed by atoms with van der Waals surface area (Å²) < 4.78 is 0. The Morgan fingerprint density at radius 3 is 2.05 bits per heavy atom. The van der Waals surface area contributed by atoms with E-state index in [9.17, 15) is 0 Å². The topological polar surface area (TPSA) is 55.0 Å². The van der Waals surface area contributed by atoms with Gasteiger partial charge in [-0.15, -0.1) is 0 Å². The minimum Gasteiger partial charge on any atom is -0.368 e. The molecular formula is C17H28N4. The van der Waals surface area contributed by atoms with Gasteiger partial charge in [-0.1, -0.05) is 19.3 Å². The zero-order valence-electron chi connectivity index (χ0n) is 13.4. The summed E-state index contributed by atoms with van der Waals surface area (Å²) >= 11 is 0. The number of hydrogen-bond donors (Lipinski definition) is 1. The fraction of sp³-hybridized carbons (Fsp3) is 0.765. The number of anilines is 1. The number of nitrogens with zero attached hydrogens (tertiary/aromatic N) is 3. The van der Waals surface area contributed by atoms with Crippen LogP contribution in [-0.2, 0) is 0 Å². The van der Waals surface area contributed by atoms with E-state index in [2.05, 4.69) is 18.7 Å². The lowest BCUT2D eigenvalue weighted by Gasteiger charge is -2.34. The highest BCUT2D eigenvalue weighted by atomic mass is 15.2. The maximum atomic E-state index is 6.01. The molecule has 0 aromatic carbocycles. The van der Waals surface area contributed by atoms with Crippen LogP contribution in [0.1, 0.15) is 68.1 Å². The van der Waals surface area contributed by atoms with E-state index in [1.165, 1.54) is 37.8 Å². The molecule has 116 valence electrons. The summed E-state index contributed by atoms with van der Waals surface area (Å²) in [6.07, 6.45) is 8.70. The quantitative estimate of drug-likeness (QED) is 0.908. The van der Waals surface area contributed by atoms with E-state index in [1.54, 1.807) is 0 Å². The second-order valence-corrected chi connectivity index (χ2v) is 6.76. The molecule has 0 spiro atoms. The van der Waals surface area contributed by atoms with Crippen molar-refractivity contribution in [1.29, 1.82) is 0 Å². The minimum atomic E-state index is 0.365. The van der Waals surface area contributed by atoms with Gasteiger partial charge in [0.25, 0.3) is 0 Å². The van der Waals surface area contributed by atoms with Crippen molar-refractivity contribution in [2.75, 3.05) is 18.0 Å². The van der Waals surface area contributed by atoms with Gasteiger partial charge in [0.15, 0.2) is 0 Å². The fourth-order valence-electron chi connectivity index (χ4n) is 3.86. The Kier molecular flexibility index (Phi) is 4.43. The molecule has 0 radical (unpaired) electrons. The predicted octanol–water partition coefficient (Wildman–Crippen LogP) is 3.07. The van der Waals surface area contributed by atoms with Crippen LogP contribution in [-0.4, -0.2) is 29.1 Å². The largest absolute Gasteiger partial charge is 0.368 e. The summed E-state index contributed by atoms with van der Waals surface area (Å²) in [7, 11) is 0. The third-order valence-electron chi connectivity index (χ3n) is 5.08. The highest BCUT2D eigenvalue weighted by molar-refractivity contribution is 5.54. The standard InChI is InChI=1S/C17H28N4/c1-12-16(21-10-8-15(18)9-11-21)13(2)20-17(19-12)14-6-4-3-5-7-14/h14-15H,3-11,18H2,1-2H3. The molecule has 21 heavy (non-hydrogen) atoms. The molecule has 1 aromatic rings. The van der Waals surface area contributed by atoms with E-state index in [0.29, 0.717) is 12.0 Å². The molecule has 1 aliphatic carbocycles. The number of hydrogen-bond acceptors (Lipinski definition) is 4. The molecule has 1 aliphatic heterocycles. The second-order valence-electron chi connectivity index (χ2n) is 6.76. The number of nitrogens with two attached hydrogens (primary N) is 1. The molecule has 0 amide bonds. The molecule has 1 saturated carbocycles. The number of aromatic nitrogens is 2. The first-order valence-electron chi connectivity index (χ1n) is 8.51. The molecule has 0 bridgehead atoms. The van der Waals surface area contributed by atoms with Crippen molar-refractivity contribution in [2.24, 2.45) is 5.73 Å². The molecule has 4 heteroatoms. The first-order valence-corrected chi connectivity index (χ1v) is 8.51. The maximum absolute atomic E-state index is 6.01. The van der Waals surface area contributed by atoms with Crippen molar-refractivity contribution in [3.63, 3.8) is 0 Å². The summed E-state index contributed by atoms with van der Waals surface area (Å²) in [5, 5.41) is 0. The minimum absolute atomic E-state index is 0.365. The van der Waals surface area contributed by atoms with Crippen molar-refractivity contribution in [3.8, 4) is 0 Å². The summed E-state index contributed by atoms with van der Waals surface area (Å²) in [5.41, 5.74) is 9.57. The van der Waals surface area contributed by atoms with E-state index < -0.39 is 0 Å². The Balaban J connectivity index is 1.82. The average molecular weight is 288 g/mol.